The second-order valence-corrected chi connectivity index (χ2v) is 6.76. The molecular formula is C13H13N3O3S. The lowest BCUT2D eigenvalue weighted by Gasteiger charge is -2.09. The van der Waals surface area contributed by atoms with E-state index in [2.05, 4.69) is 10.3 Å². The zero-order valence-electron chi connectivity index (χ0n) is 10.6. The van der Waals surface area contributed by atoms with Crippen LogP contribution in [0.5, 0.6) is 0 Å². The molecule has 1 aliphatic rings. The summed E-state index contributed by atoms with van der Waals surface area (Å²) in [5.41, 5.74) is 0.570. The minimum Gasteiger partial charge on any atom is -0.348 e. The van der Waals surface area contributed by atoms with Crippen LogP contribution in [0.15, 0.2) is 30.1 Å². The van der Waals surface area contributed by atoms with Crippen LogP contribution in [0.25, 0.3) is 6.08 Å². The number of aromatic nitrogens is 1. The van der Waals surface area contributed by atoms with Gasteiger partial charge in [-0.05, 0) is 24.1 Å². The molecule has 20 heavy (non-hydrogen) atoms. The molecule has 1 atom stereocenters. The van der Waals surface area contributed by atoms with E-state index >= 15 is 0 Å². The van der Waals surface area contributed by atoms with Gasteiger partial charge in [0.05, 0.1) is 11.5 Å². The van der Waals surface area contributed by atoms with Crippen molar-refractivity contribution in [2.75, 3.05) is 11.5 Å². The summed E-state index contributed by atoms with van der Waals surface area (Å²) >= 11 is 0. The quantitative estimate of drug-likeness (QED) is 0.637. The second kappa shape index (κ2) is 5.84. The number of nitriles is 1. The number of nitrogens with one attached hydrogen (secondary N) is 1. The molecule has 0 aliphatic carbocycles. The van der Waals surface area contributed by atoms with E-state index in [0.29, 0.717) is 12.0 Å². The van der Waals surface area contributed by atoms with Gasteiger partial charge in [-0.15, -0.1) is 0 Å². The highest BCUT2D eigenvalue weighted by Gasteiger charge is 2.29. The number of nitrogens with zero attached hydrogens (tertiary/aromatic N) is 2. The van der Waals surface area contributed by atoms with Crippen molar-refractivity contribution in [2.45, 2.75) is 12.5 Å². The average molecular weight is 291 g/mol. The van der Waals surface area contributed by atoms with E-state index in [0.717, 1.165) is 0 Å². The molecule has 1 aromatic heterocycles. The smallest absolute Gasteiger partial charge is 0.262 e. The number of rotatable bonds is 3. The zero-order valence-corrected chi connectivity index (χ0v) is 11.4. The van der Waals surface area contributed by atoms with Gasteiger partial charge in [0.2, 0.25) is 0 Å². The fourth-order valence-electron chi connectivity index (χ4n) is 1.95. The van der Waals surface area contributed by atoms with Gasteiger partial charge in [0.15, 0.2) is 9.84 Å². The third-order valence-corrected chi connectivity index (χ3v) is 4.70. The molecule has 0 spiro atoms. The fourth-order valence-corrected chi connectivity index (χ4v) is 3.62. The van der Waals surface area contributed by atoms with Crippen molar-refractivity contribution in [3.8, 4) is 6.07 Å². The van der Waals surface area contributed by atoms with Gasteiger partial charge >= 0.3 is 0 Å². The van der Waals surface area contributed by atoms with Crippen LogP contribution in [-0.2, 0) is 14.6 Å². The van der Waals surface area contributed by atoms with Crippen LogP contribution in [0.1, 0.15) is 12.0 Å². The monoisotopic (exact) mass is 291 g/mol. The highest BCUT2D eigenvalue weighted by atomic mass is 32.2. The largest absolute Gasteiger partial charge is 0.348 e. The lowest BCUT2D eigenvalue weighted by Crippen LogP contribution is -2.36. The second-order valence-electron chi connectivity index (χ2n) is 4.53. The maximum Gasteiger partial charge on any atom is 0.262 e. The summed E-state index contributed by atoms with van der Waals surface area (Å²) < 4.78 is 22.6. The van der Waals surface area contributed by atoms with E-state index < -0.39 is 21.8 Å². The summed E-state index contributed by atoms with van der Waals surface area (Å²) in [7, 11) is -3.06. The third-order valence-electron chi connectivity index (χ3n) is 2.93. The summed E-state index contributed by atoms with van der Waals surface area (Å²) in [5.74, 6) is -0.547. The van der Waals surface area contributed by atoms with Gasteiger partial charge in [-0.1, -0.05) is 6.07 Å². The average Bonchev–Trinajstić information content (AvgIpc) is 2.76. The molecule has 2 rings (SSSR count). The van der Waals surface area contributed by atoms with Gasteiger partial charge in [0.1, 0.15) is 11.6 Å². The molecular weight excluding hydrogens is 278 g/mol. The first-order valence-corrected chi connectivity index (χ1v) is 7.85. The van der Waals surface area contributed by atoms with E-state index in [9.17, 15) is 13.2 Å². The van der Waals surface area contributed by atoms with Crippen molar-refractivity contribution in [1.82, 2.24) is 10.3 Å². The maximum absolute atomic E-state index is 11.9. The van der Waals surface area contributed by atoms with Crippen molar-refractivity contribution in [1.29, 1.82) is 5.26 Å². The minimum atomic E-state index is -3.06. The predicted octanol–water partition coefficient (Wildman–Crippen LogP) is 0.292. The highest BCUT2D eigenvalue weighted by molar-refractivity contribution is 7.91. The van der Waals surface area contributed by atoms with Crippen molar-refractivity contribution >= 4 is 21.8 Å². The summed E-state index contributed by atoms with van der Waals surface area (Å²) in [6.45, 7) is 0. The molecule has 0 radical (unpaired) electrons. The Morgan fingerprint density at radius 1 is 1.55 bits per heavy atom. The topological polar surface area (TPSA) is 99.9 Å². The van der Waals surface area contributed by atoms with Gasteiger partial charge in [-0.3, -0.25) is 9.78 Å². The predicted molar refractivity (Wildman–Crippen MR) is 73.0 cm³/mol. The normalized spacial score (nSPS) is 21.1. The standard InChI is InChI=1S/C13H13N3O3S/c14-7-11(6-10-2-1-4-15-8-10)13(17)16-12-3-5-20(18,19)9-12/h1-2,4,6,8,12H,3,5,9H2,(H,16,17)/b11-6+. The summed E-state index contributed by atoms with van der Waals surface area (Å²) in [4.78, 5) is 15.8. The highest BCUT2D eigenvalue weighted by Crippen LogP contribution is 2.12. The molecule has 104 valence electrons. The van der Waals surface area contributed by atoms with Crippen LogP contribution in [0.4, 0.5) is 0 Å². The van der Waals surface area contributed by atoms with Gasteiger partial charge in [-0.2, -0.15) is 5.26 Å². The maximum atomic E-state index is 11.9. The molecule has 0 aromatic carbocycles. The molecule has 0 saturated carbocycles. The van der Waals surface area contributed by atoms with E-state index in [1.165, 1.54) is 12.3 Å². The summed E-state index contributed by atoms with van der Waals surface area (Å²) in [5, 5.41) is 11.6. The van der Waals surface area contributed by atoms with Gasteiger partial charge in [0, 0.05) is 18.4 Å². The van der Waals surface area contributed by atoms with Crippen molar-refractivity contribution < 1.29 is 13.2 Å². The van der Waals surface area contributed by atoms with Crippen LogP contribution in [-0.4, -0.2) is 36.9 Å². The Hall–Kier alpha value is -2.20. The molecule has 1 aliphatic heterocycles. The molecule has 1 saturated heterocycles. The van der Waals surface area contributed by atoms with Crippen LogP contribution in [0.2, 0.25) is 0 Å². The number of sulfone groups is 1. The molecule has 1 fully saturated rings. The lowest BCUT2D eigenvalue weighted by molar-refractivity contribution is -0.117. The molecule has 1 N–H and O–H groups in total. The van der Waals surface area contributed by atoms with Gasteiger partial charge < -0.3 is 5.32 Å². The summed E-state index contributed by atoms with van der Waals surface area (Å²) in [6.07, 6.45) is 4.93. The van der Waals surface area contributed by atoms with Crippen LogP contribution < -0.4 is 5.32 Å². The third kappa shape index (κ3) is 3.65. The SMILES string of the molecule is N#C/C(=C\c1cccnc1)C(=O)NC1CCS(=O)(=O)C1. The Bertz CT molecular complexity index is 675. The van der Waals surface area contributed by atoms with Crippen LogP contribution in [0.3, 0.4) is 0 Å². The van der Waals surface area contributed by atoms with E-state index in [1.807, 2.05) is 6.07 Å². The number of pyridine rings is 1. The Labute approximate surface area is 117 Å². The minimum absolute atomic E-state index is 0.0651. The van der Waals surface area contributed by atoms with Crippen molar-refractivity contribution in [3.63, 3.8) is 0 Å². The Kier molecular flexibility index (Phi) is 4.15. The molecule has 1 amide bonds. The molecule has 1 aromatic rings. The van der Waals surface area contributed by atoms with E-state index in [1.54, 1.807) is 18.3 Å². The van der Waals surface area contributed by atoms with Crippen molar-refractivity contribution in [3.05, 3.63) is 35.7 Å². The zero-order chi connectivity index (χ0) is 14.6. The molecule has 6 nitrogen and oxygen atoms in total. The van der Waals surface area contributed by atoms with Crippen LogP contribution in [0, 0.1) is 11.3 Å². The Morgan fingerprint density at radius 3 is 2.90 bits per heavy atom. The van der Waals surface area contributed by atoms with Gasteiger partial charge in [0.25, 0.3) is 5.91 Å². The Morgan fingerprint density at radius 2 is 2.35 bits per heavy atom. The van der Waals surface area contributed by atoms with E-state index in [-0.39, 0.29) is 17.1 Å². The van der Waals surface area contributed by atoms with Gasteiger partial charge in [-0.25, -0.2) is 8.42 Å². The first kappa shape index (κ1) is 14.2. The lowest BCUT2D eigenvalue weighted by atomic mass is 10.1. The molecule has 1 unspecified atom stereocenters. The molecule has 0 bridgehead atoms. The van der Waals surface area contributed by atoms with E-state index in [4.69, 9.17) is 5.26 Å². The van der Waals surface area contributed by atoms with Crippen molar-refractivity contribution in [2.24, 2.45) is 0 Å². The number of hydrogen-bond donors (Lipinski definition) is 1. The molecule has 7 heteroatoms. The van der Waals surface area contributed by atoms with Crippen LogP contribution >= 0.6 is 0 Å². The number of carbonyl (C=O) groups excluding carboxylic acids is 1. The first-order valence-electron chi connectivity index (χ1n) is 6.03. The fraction of sp³-hybridized carbons (Fsp3) is 0.308. The number of hydrogen-bond acceptors (Lipinski definition) is 5. The molecule has 2 heterocycles. The number of amides is 1. The Balaban J connectivity index is 2.08. The summed E-state index contributed by atoms with van der Waals surface area (Å²) in [6, 6.07) is 4.82. The first-order chi connectivity index (χ1) is 9.50. The number of carbonyl (C=O) groups is 1.